The molecule has 0 fully saturated rings. The van der Waals surface area contributed by atoms with E-state index in [1.807, 2.05) is 6.07 Å². The molecular weight excluding hydrogens is 254 g/mol. The zero-order valence-corrected chi connectivity index (χ0v) is 10.7. The van der Waals surface area contributed by atoms with Crippen molar-refractivity contribution in [3.8, 4) is 11.4 Å². The normalized spacial score (nSPS) is 10.7. The Balaban J connectivity index is 2.25. The number of hydrogen-bond acceptors (Lipinski definition) is 4. The van der Waals surface area contributed by atoms with Gasteiger partial charge in [0.05, 0.1) is 11.4 Å². The van der Waals surface area contributed by atoms with Gasteiger partial charge in [0.1, 0.15) is 0 Å². The van der Waals surface area contributed by atoms with Crippen molar-refractivity contribution in [1.29, 1.82) is 0 Å². The minimum atomic E-state index is -0.847. The van der Waals surface area contributed by atoms with Crippen LogP contribution in [0.25, 0.3) is 11.4 Å². The lowest BCUT2D eigenvalue weighted by Gasteiger charge is -2.06. The highest BCUT2D eigenvalue weighted by molar-refractivity contribution is 7.07. The topological polar surface area (TPSA) is 77.1 Å². The van der Waals surface area contributed by atoms with Gasteiger partial charge >= 0.3 is 10.8 Å². The summed E-state index contributed by atoms with van der Waals surface area (Å²) in [6, 6.07) is 1.83. The van der Waals surface area contributed by atoms with Gasteiger partial charge < -0.3 is 5.11 Å². The van der Waals surface area contributed by atoms with Crippen molar-refractivity contribution in [3.05, 3.63) is 27.3 Å². The molecule has 0 aromatic carbocycles. The van der Waals surface area contributed by atoms with Gasteiger partial charge in [-0.1, -0.05) is 11.3 Å². The number of carboxylic acids is 1. The van der Waals surface area contributed by atoms with Crippen molar-refractivity contribution < 1.29 is 9.90 Å². The molecular formula is C11H13N3O3S. The lowest BCUT2D eigenvalue weighted by atomic mass is 10.3. The maximum Gasteiger partial charge on any atom is 0.307 e. The van der Waals surface area contributed by atoms with E-state index in [0.29, 0.717) is 13.0 Å². The third kappa shape index (κ3) is 2.51. The number of carboxylic acid groups (broad SMARTS) is 1. The van der Waals surface area contributed by atoms with E-state index >= 15 is 0 Å². The SMILES string of the molecule is Cn1nccc1-c1csc(=O)n1CCCC(=O)O. The van der Waals surface area contributed by atoms with E-state index in [1.54, 1.807) is 27.9 Å². The summed E-state index contributed by atoms with van der Waals surface area (Å²) in [7, 11) is 1.80. The number of thiazole rings is 1. The Kier molecular flexibility index (Phi) is 3.61. The summed E-state index contributed by atoms with van der Waals surface area (Å²) in [4.78, 5) is 22.1. The quantitative estimate of drug-likeness (QED) is 0.882. The van der Waals surface area contributed by atoms with Gasteiger partial charge in [0.25, 0.3) is 0 Å². The van der Waals surface area contributed by atoms with Gasteiger partial charge in [-0.15, -0.1) is 0 Å². The van der Waals surface area contributed by atoms with E-state index in [-0.39, 0.29) is 11.3 Å². The van der Waals surface area contributed by atoms with Crippen LogP contribution in [-0.2, 0) is 18.4 Å². The molecule has 1 N–H and O–H groups in total. The van der Waals surface area contributed by atoms with Crippen LogP contribution in [0.3, 0.4) is 0 Å². The smallest absolute Gasteiger partial charge is 0.307 e. The fourth-order valence-electron chi connectivity index (χ4n) is 1.76. The number of rotatable bonds is 5. The molecule has 0 atom stereocenters. The van der Waals surface area contributed by atoms with Crippen molar-refractivity contribution in [1.82, 2.24) is 14.3 Å². The van der Waals surface area contributed by atoms with Crippen LogP contribution < -0.4 is 4.87 Å². The summed E-state index contributed by atoms with van der Waals surface area (Å²) in [5.41, 5.74) is 1.64. The third-order valence-electron chi connectivity index (χ3n) is 2.64. The minimum absolute atomic E-state index is 0.0626. The summed E-state index contributed by atoms with van der Waals surface area (Å²) in [6.07, 6.45) is 2.17. The van der Waals surface area contributed by atoms with E-state index in [1.165, 1.54) is 0 Å². The first-order valence-corrected chi connectivity index (χ1v) is 6.36. The molecule has 6 nitrogen and oxygen atoms in total. The first kappa shape index (κ1) is 12.6. The summed E-state index contributed by atoms with van der Waals surface area (Å²) in [5.74, 6) is -0.847. The van der Waals surface area contributed by atoms with Gasteiger partial charge in [0.15, 0.2) is 0 Å². The molecule has 0 aliphatic rings. The molecule has 2 heterocycles. The summed E-state index contributed by atoms with van der Waals surface area (Å²) in [5, 5.41) is 14.5. The molecule has 0 aliphatic heterocycles. The lowest BCUT2D eigenvalue weighted by Crippen LogP contribution is -2.16. The average molecular weight is 267 g/mol. The molecule has 0 saturated heterocycles. The molecule has 2 rings (SSSR count). The van der Waals surface area contributed by atoms with Gasteiger partial charge in [-0.2, -0.15) is 5.10 Å². The first-order chi connectivity index (χ1) is 8.59. The van der Waals surface area contributed by atoms with Gasteiger partial charge in [-0.05, 0) is 12.5 Å². The molecule has 7 heteroatoms. The molecule has 0 bridgehead atoms. The second-order valence-corrected chi connectivity index (χ2v) is 4.70. The van der Waals surface area contributed by atoms with Crippen LogP contribution in [0.2, 0.25) is 0 Å². The van der Waals surface area contributed by atoms with E-state index < -0.39 is 5.97 Å². The Labute approximate surface area is 107 Å². The number of carbonyl (C=O) groups is 1. The molecule has 0 spiro atoms. The van der Waals surface area contributed by atoms with Crippen LogP contribution in [0, 0.1) is 0 Å². The molecule has 0 aliphatic carbocycles. The molecule has 0 saturated carbocycles. The molecule has 2 aromatic heterocycles. The van der Waals surface area contributed by atoms with Gasteiger partial charge in [-0.3, -0.25) is 18.8 Å². The number of aliphatic carboxylic acids is 1. The molecule has 18 heavy (non-hydrogen) atoms. The Morgan fingerprint density at radius 1 is 1.50 bits per heavy atom. The monoisotopic (exact) mass is 267 g/mol. The van der Waals surface area contributed by atoms with E-state index in [9.17, 15) is 9.59 Å². The van der Waals surface area contributed by atoms with Gasteiger partial charge in [0, 0.05) is 31.6 Å². The Hall–Kier alpha value is -1.89. The number of aromatic nitrogens is 3. The van der Waals surface area contributed by atoms with E-state index in [4.69, 9.17) is 5.11 Å². The summed E-state index contributed by atoms with van der Waals surface area (Å²) < 4.78 is 3.29. The molecule has 0 amide bonds. The molecule has 0 radical (unpaired) electrons. The van der Waals surface area contributed by atoms with Crippen LogP contribution in [0.4, 0.5) is 0 Å². The standard InChI is InChI=1S/C11H13N3O3S/c1-13-8(4-5-12-13)9-7-18-11(17)14(9)6-2-3-10(15)16/h4-5,7H,2-3,6H2,1H3,(H,15,16). The zero-order chi connectivity index (χ0) is 13.1. The van der Waals surface area contributed by atoms with Crippen LogP contribution in [0.1, 0.15) is 12.8 Å². The zero-order valence-electron chi connectivity index (χ0n) is 9.87. The second-order valence-electron chi connectivity index (χ2n) is 3.88. The highest BCUT2D eigenvalue weighted by Gasteiger charge is 2.12. The molecule has 0 unspecified atom stereocenters. The Morgan fingerprint density at radius 2 is 2.28 bits per heavy atom. The maximum atomic E-state index is 11.7. The Morgan fingerprint density at radius 3 is 2.89 bits per heavy atom. The number of hydrogen-bond donors (Lipinski definition) is 1. The number of nitrogens with zero attached hydrogens (tertiary/aromatic N) is 3. The Bertz CT molecular complexity index is 611. The van der Waals surface area contributed by atoms with E-state index in [2.05, 4.69) is 5.10 Å². The minimum Gasteiger partial charge on any atom is -0.481 e. The van der Waals surface area contributed by atoms with E-state index in [0.717, 1.165) is 22.7 Å². The highest BCUT2D eigenvalue weighted by atomic mass is 32.1. The second kappa shape index (κ2) is 5.18. The summed E-state index contributed by atoms with van der Waals surface area (Å²) in [6.45, 7) is 0.412. The van der Waals surface area contributed by atoms with Crippen LogP contribution >= 0.6 is 11.3 Å². The van der Waals surface area contributed by atoms with Gasteiger partial charge in [0.2, 0.25) is 0 Å². The predicted molar refractivity (Wildman–Crippen MR) is 67.7 cm³/mol. The number of aryl methyl sites for hydroxylation is 1. The summed E-state index contributed by atoms with van der Waals surface area (Å²) >= 11 is 1.12. The van der Waals surface area contributed by atoms with Crippen molar-refractivity contribution in [3.63, 3.8) is 0 Å². The fourth-order valence-corrected chi connectivity index (χ4v) is 2.53. The largest absolute Gasteiger partial charge is 0.481 e. The van der Waals surface area contributed by atoms with Crippen molar-refractivity contribution in [2.24, 2.45) is 7.05 Å². The average Bonchev–Trinajstić information content (AvgIpc) is 2.86. The predicted octanol–water partition coefficient (Wildman–Crippen LogP) is 1.18. The fraction of sp³-hybridized carbons (Fsp3) is 0.364. The molecule has 2 aromatic rings. The van der Waals surface area contributed by atoms with Gasteiger partial charge in [-0.25, -0.2) is 0 Å². The lowest BCUT2D eigenvalue weighted by molar-refractivity contribution is -0.137. The van der Waals surface area contributed by atoms with Crippen LogP contribution in [-0.4, -0.2) is 25.4 Å². The first-order valence-electron chi connectivity index (χ1n) is 5.48. The van der Waals surface area contributed by atoms with Crippen LogP contribution in [0.5, 0.6) is 0 Å². The van der Waals surface area contributed by atoms with Crippen molar-refractivity contribution in [2.45, 2.75) is 19.4 Å². The van der Waals surface area contributed by atoms with Crippen LogP contribution in [0.15, 0.2) is 22.4 Å². The third-order valence-corrected chi connectivity index (χ3v) is 3.40. The van der Waals surface area contributed by atoms with Crippen molar-refractivity contribution >= 4 is 17.3 Å². The highest BCUT2D eigenvalue weighted by Crippen LogP contribution is 2.19. The molecule has 96 valence electrons. The maximum absolute atomic E-state index is 11.7. The van der Waals surface area contributed by atoms with Crippen molar-refractivity contribution in [2.75, 3.05) is 0 Å².